The zero-order chi connectivity index (χ0) is 16.3. The fourth-order valence-electron chi connectivity index (χ4n) is 3.72. The van der Waals surface area contributed by atoms with Crippen LogP contribution in [0.4, 0.5) is 0 Å². The van der Waals surface area contributed by atoms with Crippen LogP contribution in [0.5, 0.6) is 0 Å². The van der Waals surface area contributed by atoms with Crippen LogP contribution in [0.25, 0.3) is 41.7 Å². The van der Waals surface area contributed by atoms with Crippen molar-refractivity contribution < 1.29 is 5.11 Å². The fourth-order valence-corrected chi connectivity index (χ4v) is 5.05. The van der Waals surface area contributed by atoms with Gasteiger partial charge in [0, 0.05) is 20.2 Å². The number of thiophene rings is 1. The van der Waals surface area contributed by atoms with Crippen molar-refractivity contribution in [1.29, 1.82) is 0 Å². The van der Waals surface area contributed by atoms with E-state index in [1.165, 1.54) is 41.7 Å². The number of fused-ring (bicyclic) bond motifs is 7. The molecule has 5 rings (SSSR count). The molecule has 0 aliphatic heterocycles. The summed E-state index contributed by atoms with van der Waals surface area (Å²) in [4.78, 5) is 0. The van der Waals surface area contributed by atoms with Gasteiger partial charge < -0.3 is 5.11 Å². The summed E-state index contributed by atoms with van der Waals surface area (Å²) in [5.74, 6) is 0. The normalized spacial score (nSPS) is 13.2. The quantitative estimate of drug-likeness (QED) is 0.377. The van der Waals surface area contributed by atoms with Gasteiger partial charge in [-0.25, -0.2) is 0 Å². The predicted octanol–water partition coefficient (Wildman–Crippen LogP) is 6.41. The number of benzene rings is 4. The topological polar surface area (TPSA) is 20.2 Å². The van der Waals surface area contributed by atoms with Gasteiger partial charge in [-0.3, -0.25) is 0 Å². The number of rotatable bonds is 1. The lowest BCUT2D eigenvalue weighted by Crippen LogP contribution is -1.91. The zero-order valence-electron chi connectivity index (χ0n) is 13.3. The molecule has 1 atom stereocenters. The number of aliphatic hydroxyl groups excluding tert-OH is 1. The maximum Gasteiger partial charge on any atom is 0.0776 e. The van der Waals surface area contributed by atoms with Gasteiger partial charge in [0.15, 0.2) is 0 Å². The number of hydrogen-bond donors (Lipinski definition) is 1. The summed E-state index contributed by atoms with van der Waals surface area (Å²) in [5.41, 5.74) is 1.02. The first-order chi connectivity index (χ1) is 11.7. The monoisotopic (exact) mass is 328 g/mol. The molecule has 2 heteroatoms. The molecule has 1 aromatic heterocycles. The Kier molecular flexibility index (Phi) is 2.93. The van der Waals surface area contributed by atoms with Gasteiger partial charge in [0.25, 0.3) is 0 Å². The summed E-state index contributed by atoms with van der Waals surface area (Å²) in [6, 6.07) is 23.6. The Morgan fingerprint density at radius 3 is 2.21 bits per heavy atom. The Bertz CT molecular complexity index is 1230. The van der Waals surface area contributed by atoms with E-state index in [0.717, 1.165) is 5.56 Å². The van der Waals surface area contributed by atoms with Gasteiger partial charge >= 0.3 is 0 Å². The van der Waals surface area contributed by atoms with E-state index in [1.807, 2.05) is 6.92 Å². The SMILES string of the molecule is CC(O)c1cc2ccccc2c2c1sc1ccc3ccccc3c12. The second-order valence-electron chi connectivity index (χ2n) is 6.33. The van der Waals surface area contributed by atoms with Crippen molar-refractivity contribution in [3.63, 3.8) is 0 Å². The standard InChI is InChI=1S/C22H16OS/c1-13(23)18-12-15-7-3-5-9-17(15)21-20-16-8-4-2-6-14(16)10-11-19(20)24-22(18)21/h2-13,23H,1H3. The van der Waals surface area contributed by atoms with E-state index in [9.17, 15) is 5.11 Å². The van der Waals surface area contributed by atoms with Gasteiger partial charge in [-0.2, -0.15) is 0 Å². The summed E-state index contributed by atoms with van der Waals surface area (Å²) in [7, 11) is 0. The van der Waals surface area contributed by atoms with Gasteiger partial charge in [-0.15, -0.1) is 11.3 Å². The molecule has 0 amide bonds. The van der Waals surface area contributed by atoms with Crippen molar-refractivity contribution in [3.8, 4) is 0 Å². The molecule has 1 nitrogen and oxygen atoms in total. The molecule has 0 radical (unpaired) electrons. The van der Waals surface area contributed by atoms with Crippen LogP contribution in [0.15, 0.2) is 66.7 Å². The average Bonchev–Trinajstić information content (AvgIpc) is 3.01. The number of aliphatic hydroxyl groups is 1. The lowest BCUT2D eigenvalue weighted by Gasteiger charge is -2.10. The summed E-state index contributed by atoms with van der Waals surface area (Å²) < 4.78 is 2.48. The lowest BCUT2D eigenvalue weighted by atomic mass is 9.96. The molecule has 0 saturated carbocycles. The minimum Gasteiger partial charge on any atom is -0.389 e. The summed E-state index contributed by atoms with van der Waals surface area (Å²) in [5, 5.41) is 17.9. The molecular weight excluding hydrogens is 312 g/mol. The van der Waals surface area contributed by atoms with E-state index < -0.39 is 6.10 Å². The number of hydrogen-bond acceptors (Lipinski definition) is 2. The Labute approximate surface area is 143 Å². The molecule has 0 aliphatic rings. The van der Waals surface area contributed by atoms with Gasteiger partial charge in [0.1, 0.15) is 0 Å². The van der Waals surface area contributed by atoms with Crippen molar-refractivity contribution >= 4 is 53.1 Å². The van der Waals surface area contributed by atoms with Crippen LogP contribution < -0.4 is 0 Å². The first-order valence-electron chi connectivity index (χ1n) is 8.18. The minimum atomic E-state index is -0.476. The molecule has 5 aromatic rings. The van der Waals surface area contributed by atoms with Crippen LogP contribution in [-0.2, 0) is 0 Å². The van der Waals surface area contributed by atoms with Crippen molar-refractivity contribution in [3.05, 3.63) is 72.3 Å². The molecule has 0 spiro atoms. The van der Waals surface area contributed by atoms with Gasteiger partial charge in [-0.05, 0) is 46.2 Å². The van der Waals surface area contributed by atoms with Crippen LogP contribution in [-0.4, -0.2) is 5.11 Å². The third-order valence-corrected chi connectivity index (χ3v) is 6.04. The van der Waals surface area contributed by atoms with Crippen LogP contribution >= 0.6 is 11.3 Å². The molecule has 24 heavy (non-hydrogen) atoms. The largest absolute Gasteiger partial charge is 0.389 e. The van der Waals surface area contributed by atoms with E-state index in [1.54, 1.807) is 11.3 Å². The van der Waals surface area contributed by atoms with Crippen LogP contribution in [0, 0.1) is 0 Å². The van der Waals surface area contributed by atoms with E-state index >= 15 is 0 Å². The van der Waals surface area contributed by atoms with Crippen molar-refractivity contribution in [2.24, 2.45) is 0 Å². The summed E-state index contributed by atoms with van der Waals surface area (Å²) in [6.07, 6.45) is -0.476. The molecule has 0 bridgehead atoms. The molecule has 1 unspecified atom stereocenters. The van der Waals surface area contributed by atoms with E-state index in [-0.39, 0.29) is 0 Å². The highest BCUT2D eigenvalue weighted by atomic mass is 32.1. The Hall–Kier alpha value is -2.42. The smallest absolute Gasteiger partial charge is 0.0776 e. The van der Waals surface area contributed by atoms with Gasteiger partial charge in [-0.1, -0.05) is 54.6 Å². The Morgan fingerprint density at radius 2 is 1.46 bits per heavy atom. The van der Waals surface area contributed by atoms with E-state index in [2.05, 4.69) is 66.7 Å². The molecule has 116 valence electrons. The van der Waals surface area contributed by atoms with Crippen molar-refractivity contribution in [1.82, 2.24) is 0 Å². The molecule has 0 fully saturated rings. The van der Waals surface area contributed by atoms with E-state index in [0.29, 0.717) is 0 Å². The second-order valence-corrected chi connectivity index (χ2v) is 7.38. The highest BCUT2D eigenvalue weighted by Gasteiger charge is 2.17. The molecule has 1 heterocycles. The van der Waals surface area contributed by atoms with Gasteiger partial charge in [0.05, 0.1) is 6.10 Å². The van der Waals surface area contributed by atoms with Crippen molar-refractivity contribution in [2.75, 3.05) is 0 Å². The maximum absolute atomic E-state index is 10.3. The third kappa shape index (κ3) is 1.84. The first kappa shape index (κ1) is 14.0. The molecule has 4 aromatic carbocycles. The summed E-state index contributed by atoms with van der Waals surface area (Å²) >= 11 is 1.79. The molecule has 1 N–H and O–H groups in total. The third-order valence-electron chi connectivity index (χ3n) is 4.83. The van der Waals surface area contributed by atoms with Crippen LogP contribution in [0.1, 0.15) is 18.6 Å². The molecule has 0 saturated heterocycles. The van der Waals surface area contributed by atoms with Crippen LogP contribution in [0.3, 0.4) is 0 Å². The highest BCUT2D eigenvalue weighted by molar-refractivity contribution is 7.26. The average molecular weight is 328 g/mol. The van der Waals surface area contributed by atoms with Crippen molar-refractivity contribution in [2.45, 2.75) is 13.0 Å². The first-order valence-corrected chi connectivity index (χ1v) is 8.99. The summed E-state index contributed by atoms with van der Waals surface area (Å²) in [6.45, 7) is 1.85. The van der Waals surface area contributed by atoms with Crippen LogP contribution in [0.2, 0.25) is 0 Å². The molecular formula is C22H16OS. The maximum atomic E-state index is 10.3. The Morgan fingerprint density at radius 1 is 0.792 bits per heavy atom. The lowest BCUT2D eigenvalue weighted by molar-refractivity contribution is 0.201. The predicted molar refractivity (Wildman–Crippen MR) is 105 cm³/mol. The Balaban J connectivity index is 2.15. The second kappa shape index (κ2) is 5.04. The highest BCUT2D eigenvalue weighted by Crippen LogP contribution is 2.44. The fraction of sp³-hybridized carbons (Fsp3) is 0.0909. The minimum absolute atomic E-state index is 0.476. The van der Waals surface area contributed by atoms with E-state index in [4.69, 9.17) is 0 Å². The molecule has 0 aliphatic carbocycles. The van der Waals surface area contributed by atoms with Gasteiger partial charge in [0.2, 0.25) is 0 Å². The zero-order valence-corrected chi connectivity index (χ0v) is 14.1.